The smallest absolute Gasteiger partial charge is 0.126 e. The first-order valence-corrected chi connectivity index (χ1v) is 6.02. The summed E-state index contributed by atoms with van der Waals surface area (Å²) in [7, 11) is 1.71. The van der Waals surface area contributed by atoms with Crippen molar-refractivity contribution in [1.82, 2.24) is 4.98 Å². The molecule has 18 heavy (non-hydrogen) atoms. The van der Waals surface area contributed by atoms with E-state index in [9.17, 15) is 0 Å². The standard InChI is InChI=1S/C15H18N2O/c1-12-7-8-15(16-9-12)17-10-13-5-3-4-6-14(13)11-18-2/h3-9H,10-11H2,1-2H3,(H,16,17). The Hall–Kier alpha value is -1.87. The van der Waals surface area contributed by atoms with Crippen LogP contribution in [0, 0.1) is 6.92 Å². The number of nitrogens with zero attached hydrogens (tertiary/aromatic N) is 1. The zero-order chi connectivity index (χ0) is 12.8. The van der Waals surface area contributed by atoms with Crippen LogP contribution in [0.2, 0.25) is 0 Å². The first-order valence-electron chi connectivity index (χ1n) is 6.02. The van der Waals surface area contributed by atoms with Gasteiger partial charge in [-0.3, -0.25) is 0 Å². The quantitative estimate of drug-likeness (QED) is 0.874. The Morgan fingerprint density at radius 3 is 2.56 bits per heavy atom. The summed E-state index contributed by atoms with van der Waals surface area (Å²) in [5, 5.41) is 3.32. The molecule has 0 saturated heterocycles. The lowest BCUT2D eigenvalue weighted by Crippen LogP contribution is -2.04. The fraction of sp³-hybridized carbons (Fsp3) is 0.267. The minimum absolute atomic E-state index is 0.638. The van der Waals surface area contributed by atoms with Gasteiger partial charge in [-0.05, 0) is 29.7 Å². The Balaban J connectivity index is 2.03. The van der Waals surface area contributed by atoms with Crippen LogP contribution >= 0.6 is 0 Å². The van der Waals surface area contributed by atoms with Crippen molar-refractivity contribution in [3.63, 3.8) is 0 Å². The molecule has 1 aromatic carbocycles. The molecule has 1 heterocycles. The summed E-state index contributed by atoms with van der Waals surface area (Å²) in [6.07, 6.45) is 1.86. The number of rotatable bonds is 5. The Morgan fingerprint density at radius 1 is 1.11 bits per heavy atom. The van der Waals surface area contributed by atoms with Crippen molar-refractivity contribution in [1.29, 1.82) is 0 Å². The fourth-order valence-corrected chi connectivity index (χ4v) is 1.78. The summed E-state index contributed by atoms with van der Waals surface area (Å²) in [5.41, 5.74) is 3.61. The van der Waals surface area contributed by atoms with Gasteiger partial charge in [-0.1, -0.05) is 30.3 Å². The van der Waals surface area contributed by atoms with Crippen molar-refractivity contribution in [2.45, 2.75) is 20.1 Å². The molecule has 1 N–H and O–H groups in total. The Bertz CT molecular complexity index is 494. The van der Waals surface area contributed by atoms with Gasteiger partial charge in [-0.25, -0.2) is 4.98 Å². The van der Waals surface area contributed by atoms with Crippen LogP contribution in [-0.2, 0) is 17.9 Å². The molecular formula is C15H18N2O. The van der Waals surface area contributed by atoms with E-state index in [-0.39, 0.29) is 0 Å². The maximum atomic E-state index is 5.19. The van der Waals surface area contributed by atoms with Crippen LogP contribution in [0.15, 0.2) is 42.6 Å². The summed E-state index contributed by atoms with van der Waals surface area (Å²) in [6.45, 7) is 3.43. The number of methoxy groups -OCH3 is 1. The third-order valence-corrected chi connectivity index (χ3v) is 2.79. The van der Waals surface area contributed by atoms with Gasteiger partial charge in [-0.2, -0.15) is 0 Å². The molecule has 0 aliphatic heterocycles. The van der Waals surface area contributed by atoms with E-state index in [1.165, 1.54) is 16.7 Å². The maximum Gasteiger partial charge on any atom is 0.126 e. The van der Waals surface area contributed by atoms with E-state index in [1.54, 1.807) is 7.11 Å². The van der Waals surface area contributed by atoms with E-state index >= 15 is 0 Å². The van der Waals surface area contributed by atoms with Crippen LogP contribution in [0.1, 0.15) is 16.7 Å². The number of aryl methyl sites for hydroxylation is 1. The molecule has 0 atom stereocenters. The molecule has 0 bridgehead atoms. The number of benzene rings is 1. The summed E-state index contributed by atoms with van der Waals surface area (Å²) in [5.74, 6) is 0.896. The Morgan fingerprint density at radius 2 is 1.89 bits per heavy atom. The van der Waals surface area contributed by atoms with Crippen molar-refractivity contribution < 1.29 is 4.74 Å². The monoisotopic (exact) mass is 242 g/mol. The van der Waals surface area contributed by atoms with E-state index in [1.807, 2.05) is 31.3 Å². The predicted octanol–water partition coefficient (Wildman–Crippen LogP) is 3.15. The second-order valence-electron chi connectivity index (χ2n) is 4.28. The topological polar surface area (TPSA) is 34.1 Å². The largest absolute Gasteiger partial charge is 0.380 e. The summed E-state index contributed by atoms with van der Waals surface area (Å²) >= 11 is 0. The van der Waals surface area contributed by atoms with Crippen LogP contribution in [0.3, 0.4) is 0 Å². The molecule has 94 valence electrons. The predicted molar refractivity (Wildman–Crippen MR) is 73.5 cm³/mol. The van der Waals surface area contributed by atoms with Gasteiger partial charge in [0.05, 0.1) is 6.61 Å². The first kappa shape index (κ1) is 12.6. The number of pyridine rings is 1. The maximum absolute atomic E-state index is 5.19. The van der Waals surface area contributed by atoms with Crippen LogP contribution in [0.4, 0.5) is 5.82 Å². The zero-order valence-corrected chi connectivity index (χ0v) is 10.8. The van der Waals surface area contributed by atoms with E-state index in [0.29, 0.717) is 6.61 Å². The van der Waals surface area contributed by atoms with Crippen LogP contribution < -0.4 is 5.32 Å². The minimum atomic E-state index is 0.638. The fourth-order valence-electron chi connectivity index (χ4n) is 1.78. The summed E-state index contributed by atoms with van der Waals surface area (Å²) in [6, 6.07) is 12.3. The second kappa shape index (κ2) is 6.17. The van der Waals surface area contributed by atoms with Crippen LogP contribution in [0.25, 0.3) is 0 Å². The Labute approximate surface area is 108 Å². The van der Waals surface area contributed by atoms with Gasteiger partial charge in [0.2, 0.25) is 0 Å². The number of hydrogen-bond acceptors (Lipinski definition) is 3. The number of hydrogen-bond donors (Lipinski definition) is 1. The molecule has 0 spiro atoms. The summed E-state index contributed by atoms with van der Waals surface area (Å²) < 4.78 is 5.19. The molecule has 3 heteroatoms. The van der Waals surface area contributed by atoms with Gasteiger partial charge < -0.3 is 10.1 Å². The molecule has 0 saturated carbocycles. The van der Waals surface area contributed by atoms with Crippen LogP contribution in [0.5, 0.6) is 0 Å². The molecule has 0 amide bonds. The van der Waals surface area contributed by atoms with Gasteiger partial charge in [0.1, 0.15) is 5.82 Å². The highest BCUT2D eigenvalue weighted by Gasteiger charge is 2.01. The molecular weight excluding hydrogens is 224 g/mol. The van der Waals surface area contributed by atoms with E-state index < -0.39 is 0 Å². The summed E-state index contributed by atoms with van der Waals surface area (Å²) in [4.78, 5) is 4.33. The van der Waals surface area contributed by atoms with Gasteiger partial charge >= 0.3 is 0 Å². The lowest BCUT2D eigenvalue weighted by atomic mass is 10.1. The molecule has 3 nitrogen and oxygen atoms in total. The van der Waals surface area contributed by atoms with Gasteiger partial charge in [0.25, 0.3) is 0 Å². The number of anilines is 1. The molecule has 0 radical (unpaired) electrons. The second-order valence-corrected chi connectivity index (χ2v) is 4.28. The van der Waals surface area contributed by atoms with Gasteiger partial charge in [0.15, 0.2) is 0 Å². The van der Waals surface area contributed by atoms with E-state index in [4.69, 9.17) is 4.74 Å². The lowest BCUT2D eigenvalue weighted by Gasteiger charge is -2.10. The molecule has 0 aliphatic rings. The average Bonchev–Trinajstić information content (AvgIpc) is 2.40. The zero-order valence-electron chi connectivity index (χ0n) is 10.8. The highest BCUT2D eigenvalue weighted by atomic mass is 16.5. The van der Waals surface area contributed by atoms with E-state index in [2.05, 4.69) is 28.5 Å². The van der Waals surface area contributed by atoms with Crippen molar-refractivity contribution in [2.24, 2.45) is 0 Å². The van der Waals surface area contributed by atoms with Crippen molar-refractivity contribution in [2.75, 3.05) is 12.4 Å². The molecule has 2 rings (SSSR count). The van der Waals surface area contributed by atoms with Crippen molar-refractivity contribution >= 4 is 5.82 Å². The normalized spacial score (nSPS) is 10.3. The van der Waals surface area contributed by atoms with Crippen LogP contribution in [-0.4, -0.2) is 12.1 Å². The molecule has 0 aliphatic carbocycles. The molecule has 1 aromatic heterocycles. The minimum Gasteiger partial charge on any atom is -0.380 e. The lowest BCUT2D eigenvalue weighted by molar-refractivity contribution is 0.184. The average molecular weight is 242 g/mol. The highest BCUT2D eigenvalue weighted by molar-refractivity contribution is 5.38. The molecule has 2 aromatic rings. The highest BCUT2D eigenvalue weighted by Crippen LogP contribution is 2.12. The number of aromatic nitrogens is 1. The number of nitrogens with one attached hydrogen (secondary N) is 1. The van der Waals surface area contributed by atoms with E-state index in [0.717, 1.165) is 12.4 Å². The molecule has 0 fully saturated rings. The third kappa shape index (κ3) is 3.31. The molecule has 0 unspecified atom stereocenters. The first-order chi connectivity index (χ1) is 8.79. The van der Waals surface area contributed by atoms with Crippen molar-refractivity contribution in [3.8, 4) is 0 Å². The van der Waals surface area contributed by atoms with Gasteiger partial charge in [0, 0.05) is 19.9 Å². The SMILES string of the molecule is COCc1ccccc1CNc1ccc(C)cn1. The Kier molecular flexibility index (Phi) is 4.31. The van der Waals surface area contributed by atoms with Crippen molar-refractivity contribution in [3.05, 3.63) is 59.3 Å². The third-order valence-electron chi connectivity index (χ3n) is 2.79. The number of ether oxygens (including phenoxy) is 1. The van der Waals surface area contributed by atoms with Gasteiger partial charge in [-0.15, -0.1) is 0 Å².